The van der Waals surface area contributed by atoms with E-state index < -0.39 is 0 Å². The topological polar surface area (TPSA) is 38.5 Å². The van der Waals surface area contributed by atoms with E-state index in [2.05, 4.69) is 25.8 Å². The number of nitrogens with two attached hydrogens (primary N) is 1. The third-order valence-electron chi connectivity index (χ3n) is 2.61. The monoisotopic (exact) mass is 202 g/mol. The van der Waals surface area contributed by atoms with Crippen LogP contribution in [0.1, 0.15) is 26.7 Å². The molecule has 0 spiro atoms. The van der Waals surface area contributed by atoms with Gasteiger partial charge in [-0.1, -0.05) is 13.8 Å². The highest BCUT2D eigenvalue weighted by molar-refractivity contribution is 4.65. The fourth-order valence-corrected chi connectivity index (χ4v) is 1.29. The number of hydrogen-bond acceptors (Lipinski definition) is 3. The van der Waals surface area contributed by atoms with Gasteiger partial charge in [0.15, 0.2) is 0 Å². The molecule has 0 aromatic carbocycles. The Hall–Kier alpha value is -0.120. The molecule has 0 heterocycles. The standard InChI is InChI=1S/C11H26N2O/c1-10(2)11(12)6-5-7-13(3)8-9-14-4/h10-11H,5-9,12H2,1-4H3/t11-/m1/s1. The zero-order valence-electron chi connectivity index (χ0n) is 10.1. The summed E-state index contributed by atoms with van der Waals surface area (Å²) < 4.78 is 5.01. The maximum Gasteiger partial charge on any atom is 0.0589 e. The lowest BCUT2D eigenvalue weighted by molar-refractivity contribution is 0.159. The normalized spacial score (nSPS) is 13.9. The average Bonchev–Trinajstić information content (AvgIpc) is 2.14. The molecule has 0 saturated heterocycles. The average molecular weight is 202 g/mol. The Kier molecular flexibility index (Phi) is 8.14. The highest BCUT2D eigenvalue weighted by atomic mass is 16.5. The first-order valence-corrected chi connectivity index (χ1v) is 5.51. The SMILES string of the molecule is COCCN(C)CCC[C@@H](N)C(C)C. The maximum atomic E-state index is 5.96. The minimum absolute atomic E-state index is 0.353. The molecule has 3 nitrogen and oxygen atoms in total. The summed E-state index contributed by atoms with van der Waals surface area (Å²) in [6, 6.07) is 0.353. The molecule has 0 aromatic heterocycles. The van der Waals surface area contributed by atoms with E-state index in [0.717, 1.165) is 26.1 Å². The van der Waals surface area contributed by atoms with Crippen LogP contribution < -0.4 is 5.73 Å². The molecule has 0 aliphatic carbocycles. The van der Waals surface area contributed by atoms with Gasteiger partial charge in [-0.3, -0.25) is 0 Å². The van der Waals surface area contributed by atoms with Gasteiger partial charge in [-0.25, -0.2) is 0 Å². The first-order chi connectivity index (χ1) is 6.57. The zero-order chi connectivity index (χ0) is 11.0. The molecule has 2 N–H and O–H groups in total. The van der Waals surface area contributed by atoms with Crippen molar-refractivity contribution in [3.8, 4) is 0 Å². The van der Waals surface area contributed by atoms with E-state index in [1.165, 1.54) is 6.42 Å². The lowest BCUT2D eigenvalue weighted by atomic mass is 10.0. The van der Waals surface area contributed by atoms with Gasteiger partial charge in [0.1, 0.15) is 0 Å². The van der Waals surface area contributed by atoms with Crippen LogP contribution >= 0.6 is 0 Å². The zero-order valence-corrected chi connectivity index (χ0v) is 10.1. The lowest BCUT2D eigenvalue weighted by Gasteiger charge is -2.19. The Morgan fingerprint density at radius 1 is 1.29 bits per heavy atom. The van der Waals surface area contributed by atoms with Crippen molar-refractivity contribution in [3.63, 3.8) is 0 Å². The Morgan fingerprint density at radius 3 is 2.43 bits per heavy atom. The molecule has 0 radical (unpaired) electrons. The van der Waals surface area contributed by atoms with Gasteiger partial charge in [-0.15, -0.1) is 0 Å². The van der Waals surface area contributed by atoms with Crippen molar-refractivity contribution in [2.45, 2.75) is 32.7 Å². The van der Waals surface area contributed by atoms with Crippen molar-refractivity contribution < 1.29 is 4.74 Å². The van der Waals surface area contributed by atoms with Gasteiger partial charge in [0.2, 0.25) is 0 Å². The van der Waals surface area contributed by atoms with Crippen molar-refractivity contribution in [1.82, 2.24) is 4.90 Å². The van der Waals surface area contributed by atoms with Gasteiger partial charge in [-0.2, -0.15) is 0 Å². The van der Waals surface area contributed by atoms with Gasteiger partial charge in [0, 0.05) is 19.7 Å². The highest BCUT2D eigenvalue weighted by Crippen LogP contribution is 2.05. The molecular weight excluding hydrogens is 176 g/mol. The van der Waals surface area contributed by atoms with E-state index >= 15 is 0 Å². The van der Waals surface area contributed by atoms with E-state index in [1.807, 2.05) is 0 Å². The Labute approximate surface area is 88.6 Å². The molecule has 0 unspecified atom stereocenters. The van der Waals surface area contributed by atoms with E-state index in [1.54, 1.807) is 7.11 Å². The van der Waals surface area contributed by atoms with Gasteiger partial charge < -0.3 is 15.4 Å². The molecule has 0 bridgehead atoms. The summed E-state index contributed by atoms with van der Waals surface area (Å²) in [7, 11) is 3.86. The molecule has 0 aliphatic rings. The summed E-state index contributed by atoms with van der Waals surface area (Å²) in [5, 5.41) is 0. The van der Waals surface area contributed by atoms with Crippen molar-refractivity contribution >= 4 is 0 Å². The lowest BCUT2D eigenvalue weighted by Crippen LogP contribution is -2.29. The van der Waals surface area contributed by atoms with E-state index in [0.29, 0.717) is 12.0 Å². The molecule has 0 saturated carbocycles. The summed E-state index contributed by atoms with van der Waals surface area (Å²) in [5.74, 6) is 0.597. The number of ether oxygens (including phenoxy) is 1. The summed E-state index contributed by atoms with van der Waals surface area (Å²) in [5.41, 5.74) is 5.96. The van der Waals surface area contributed by atoms with Crippen molar-refractivity contribution in [2.75, 3.05) is 33.9 Å². The molecule has 0 aromatic rings. The van der Waals surface area contributed by atoms with Crippen LogP contribution in [0.25, 0.3) is 0 Å². The van der Waals surface area contributed by atoms with E-state index in [9.17, 15) is 0 Å². The molecule has 1 atom stereocenters. The Balaban J connectivity index is 3.34. The number of methoxy groups -OCH3 is 1. The molecule has 0 aliphatic heterocycles. The van der Waals surface area contributed by atoms with Crippen LogP contribution in [0, 0.1) is 5.92 Å². The molecule has 14 heavy (non-hydrogen) atoms. The number of nitrogens with zero attached hydrogens (tertiary/aromatic N) is 1. The molecular formula is C11H26N2O. The first-order valence-electron chi connectivity index (χ1n) is 5.51. The Bertz CT molecular complexity index is 128. The minimum atomic E-state index is 0.353. The van der Waals surface area contributed by atoms with E-state index in [-0.39, 0.29) is 0 Å². The molecule has 86 valence electrons. The van der Waals surface area contributed by atoms with Crippen LogP contribution in [0.15, 0.2) is 0 Å². The first kappa shape index (κ1) is 13.9. The van der Waals surface area contributed by atoms with Crippen LogP contribution in [0.3, 0.4) is 0 Å². The minimum Gasteiger partial charge on any atom is -0.383 e. The van der Waals surface area contributed by atoms with Gasteiger partial charge in [0.25, 0.3) is 0 Å². The fourth-order valence-electron chi connectivity index (χ4n) is 1.29. The largest absolute Gasteiger partial charge is 0.383 e. The summed E-state index contributed by atoms with van der Waals surface area (Å²) in [6.45, 7) is 7.29. The number of likely N-dealkylation sites (N-methyl/N-ethyl adjacent to an activating group) is 1. The molecule has 0 rings (SSSR count). The van der Waals surface area contributed by atoms with Crippen LogP contribution in [0.2, 0.25) is 0 Å². The van der Waals surface area contributed by atoms with Gasteiger partial charge in [0.05, 0.1) is 6.61 Å². The predicted octanol–water partition coefficient (Wildman–Crippen LogP) is 1.33. The summed E-state index contributed by atoms with van der Waals surface area (Å²) in [6.07, 6.45) is 2.30. The predicted molar refractivity (Wildman–Crippen MR) is 61.4 cm³/mol. The van der Waals surface area contributed by atoms with Crippen molar-refractivity contribution in [2.24, 2.45) is 11.7 Å². The number of rotatable bonds is 8. The van der Waals surface area contributed by atoms with Gasteiger partial charge in [-0.05, 0) is 32.4 Å². The molecule has 0 amide bonds. The fraction of sp³-hybridized carbons (Fsp3) is 1.00. The number of hydrogen-bond donors (Lipinski definition) is 1. The summed E-state index contributed by atoms with van der Waals surface area (Å²) >= 11 is 0. The van der Waals surface area contributed by atoms with Crippen molar-refractivity contribution in [3.05, 3.63) is 0 Å². The second-order valence-corrected chi connectivity index (χ2v) is 4.35. The van der Waals surface area contributed by atoms with Crippen LogP contribution in [0.4, 0.5) is 0 Å². The third kappa shape index (κ3) is 7.30. The quantitative estimate of drug-likeness (QED) is 0.645. The molecule has 3 heteroatoms. The van der Waals surface area contributed by atoms with Crippen LogP contribution in [-0.4, -0.2) is 44.8 Å². The highest BCUT2D eigenvalue weighted by Gasteiger charge is 2.07. The second-order valence-electron chi connectivity index (χ2n) is 4.35. The Morgan fingerprint density at radius 2 is 1.93 bits per heavy atom. The van der Waals surface area contributed by atoms with Crippen LogP contribution in [-0.2, 0) is 4.74 Å². The second kappa shape index (κ2) is 8.21. The maximum absolute atomic E-state index is 5.96. The van der Waals surface area contributed by atoms with E-state index in [4.69, 9.17) is 10.5 Å². The van der Waals surface area contributed by atoms with Crippen molar-refractivity contribution in [1.29, 1.82) is 0 Å². The van der Waals surface area contributed by atoms with Gasteiger partial charge >= 0.3 is 0 Å². The summed E-state index contributed by atoms with van der Waals surface area (Å²) in [4.78, 5) is 2.29. The van der Waals surface area contributed by atoms with Crippen LogP contribution in [0.5, 0.6) is 0 Å². The third-order valence-corrected chi connectivity index (χ3v) is 2.61. The molecule has 0 fully saturated rings. The smallest absolute Gasteiger partial charge is 0.0589 e.